The van der Waals surface area contributed by atoms with E-state index in [1.54, 1.807) is 0 Å². The van der Waals surface area contributed by atoms with Gasteiger partial charge in [0.25, 0.3) is 0 Å². The van der Waals surface area contributed by atoms with Gasteiger partial charge in [0.1, 0.15) is 11.5 Å². The molecule has 4 heteroatoms. The van der Waals surface area contributed by atoms with E-state index in [-0.39, 0.29) is 5.75 Å². The quantitative estimate of drug-likeness (QED) is 0.227. The maximum Gasteiger partial charge on any atom is 0.172 e. The Morgan fingerprint density at radius 1 is 0.930 bits per heavy atom. The molecule has 2 aliphatic carbocycles. The molecule has 2 aromatic rings. The van der Waals surface area contributed by atoms with Gasteiger partial charge in [-0.1, -0.05) is 38.5 Å². The minimum atomic E-state index is 0.285. The minimum Gasteiger partial charge on any atom is -0.508 e. The van der Waals surface area contributed by atoms with Crippen LogP contribution < -0.4 is 9.47 Å². The van der Waals surface area contributed by atoms with Crippen LogP contribution >= 0.6 is 0 Å². The first-order chi connectivity index (χ1) is 20.5. The van der Waals surface area contributed by atoms with Crippen molar-refractivity contribution >= 4 is 0 Å². The van der Waals surface area contributed by atoms with Crippen molar-refractivity contribution in [1.82, 2.24) is 0 Å². The summed E-state index contributed by atoms with van der Waals surface area (Å²) in [5.74, 6) is 5.87. The van der Waals surface area contributed by atoms with E-state index in [9.17, 15) is 10.2 Å². The van der Waals surface area contributed by atoms with Gasteiger partial charge in [-0.05, 0) is 144 Å². The highest BCUT2D eigenvalue weighted by Gasteiger charge is 2.39. The molecule has 0 fully saturated rings. The van der Waals surface area contributed by atoms with Crippen LogP contribution in [0, 0.1) is 25.7 Å². The Morgan fingerprint density at radius 2 is 1.65 bits per heavy atom. The lowest BCUT2D eigenvalue weighted by atomic mass is 9.69. The molecule has 2 aromatic carbocycles. The number of ether oxygens (including phenoxy) is 2. The standard InChI is InChI=1S/C39H54O4/c1-22(2)11-9-12-23(3)30-17-15-24(4)34-32(30)19-26(6)37(41)39(34)43-28(8)13-10-14-29-21-42-38-27(7)20-33(40)35-25(5)16-18-31(29)36(35)38/h11,13,19-20,23-25,29-31,40-41H,9-10,12,14-18,21H2,1-8H3/b28-13-/t23-,24+,25+,29+,30-,31-/m0/s1. The summed E-state index contributed by atoms with van der Waals surface area (Å²) < 4.78 is 12.9. The number of phenols is 2. The molecule has 0 bridgehead atoms. The van der Waals surface area contributed by atoms with Crippen molar-refractivity contribution in [1.29, 1.82) is 0 Å². The number of allylic oxidation sites excluding steroid dienone is 4. The van der Waals surface area contributed by atoms with Gasteiger partial charge in [0.2, 0.25) is 0 Å². The summed E-state index contributed by atoms with van der Waals surface area (Å²) in [5, 5.41) is 22.0. The van der Waals surface area contributed by atoms with Crippen LogP contribution in [0.25, 0.3) is 0 Å². The van der Waals surface area contributed by atoms with Crippen LogP contribution in [0.3, 0.4) is 0 Å². The Bertz CT molecular complexity index is 1390. The summed E-state index contributed by atoms with van der Waals surface area (Å²) in [6, 6.07) is 4.11. The summed E-state index contributed by atoms with van der Waals surface area (Å²) in [6.07, 6.45) is 13.3. The molecule has 0 saturated heterocycles. The largest absolute Gasteiger partial charge is 0.508 e. The topological polar surface area (TPSA) is 58.9 Å². The third-order valence-electron chi connectivity index (χ3n) is 10.7. The third kappa shape index (κ3) is 6.35. The van der Waals surface area contributed by atoms with Crippen LogP contribution in [-0.4, -0.2) is 16.8 Å². The second-order valence-electron chi connectivity index (χ2n) is 14.3. The van der Waals surface area contributed by atoms with E-state index in [0.717, 1.165) is 73.3 Å². The van der Waals surface area contributed by atoms with E-state index in [2.05, 4.69) is 52.8 Å². The fourth-order valence-corrected chi connectivity index (χ4v) is 8.27. The Balaban J connectivity index is 1.32. The molecule has 0 aromatic heterocycles. The minimum absolute atomic E-state index is 0.285. The molecular formula is C39H54O4. The maximum absolute atomic E-state index is 11.2. The molecule has 0 radical (unpaired) electrons. The molecule has 5 rings (SSSR count). The lowest BCUT2D eigenvalue weighted by molar-refractivity contribution is 0.169. The summed E-state index contributed by atoms with van der Waals surface area (Å²) >= 11 is 0. The molecule has 2 N–H and O–H groups in total. The molecule has 3 aliphatic rings. The van der Waals surface area contributed by atoms with E-state index >= 15 is 0 Å². The van der Waals surface area contributed by atoms with Crippen molar-refractivity contribution in [2.75, 3.05) is 6.61 Å². The summed E-state index contributed by atoms with van der Waals surface area (Å²) in [4.78, 5) is 0. The molecule has 0 spiro atoms. The number of aryl methyl sites for hydroxylation is 2. The normalized spacial score (nSPS) is 25.3. The van der Waals surface area contributed by atoms with E-state index in [1.807, 2.05) is 26.8 Å². The van der Waals surface area contributed by atoms with Crippen LogP contribution in [0.15, 0.2) is 35.6 Å². The van der Waals surface area contributed by atoms with Crippen LogP contribution in [-0.2, 0) is 0 Å². The van der Waals surface area contributed by atoms with Gasteiger partial charge in [0.05, 0.1) is 12.4 Å². The van der Waals surface area contributed by atoms with Gasteiger partial charge >= 0.3 is 0 Å². The summed E-state index contributed by atoms with van der Waals surface area (Å²) in [7, 11) is 0. The molecule has 0 unspecified atom stereocenters. The Hall–Kier alpha value is -2.88. The molecule has 43 heavy (non-hydrogen) atoms. The van der Waals surface area contributed by atoms with Crippen molar-refractivity contribution in [3.8, 4) is 23.0 Å². The van der Waals surface area contributed by atoms with Crippen molar-refractivity contribution in [3.63, 3.8) is 0 Å². The van der Waals surface area contributed by atoms with Crippen LogP contribution in [0.4, 0.5) is 0 Å². The Labute approximate surface area is 260 Å². The first-order valence-electron chi connectivity index (χ1n) is 16.8. The van der Waals surface area contributed by atoms with Gasteiger partial charge in [-0.25, -0.2) is 0 Å². The number of hydrogen-bond donors (Lipinski definition) is 2. The van der Waals surface area contributed by atoms with E-state index in [4.69, 9.17) is 9.47 Å². The smallest absolute Gasteiger partial charge is 0.172 e. The van der Waals surface area contributed by atoms with E-state index in [0.29, 0.717) is 47.0 Å². The fraction of sp³-hybridized carbons (Fsp3) is 0.590. The van der Waals surface area contributed by atoms with E-state index in [1.165, 1.54) is 35.1 Å². The zero-order valence-corrected chi connectivity index (χ0v) is 27.8. The van der Waals surface area contributed by atoms with Gasteiger partial charge in [-0.3, -0.25) is 0 Å². The van der Waals surface area contributed by atoms with Crippen molar-refractivity contribution in [2.24, 2.45) is 11.8 Å². The lowest BCUT2D eigenvalue weighted by Gasteiger charge is -2.40. The SMILES string of the molecule is CC(C)=CCC[C@H](C)[C@@H]1CC[C@@H](C)c2c1cc(C)c(O)c2O/C(C)=C\CC[C@@H]1COc2c(C)cc(O)c3c2[C@H]1CC[C@H]3C. The van der Waals surface area contributed by atoms with Gasteiger partial charge < -0.3 is 19.7 Å². The molecule has 1 heterocycles. The maximum atomic E-state index is 11.2. The first kappa shape index (κ1) is 31.5. The molecule has 234 valence electrons. The Morgan fingerprint density at radius 3 is 2.40 bits per heavy atom. The average Bonchev–Trinajstić information content (AvgIpc) is 2.94. The highest BCUT2D eigenvalue weighted by Crippen LogP contribution is 2.54. The van der Waals surface area contributed by atoms with Crippen molar-refractivity contribution in [2.45, 2.75) is 130 Å². The zero-order chi connectivity index (χ0) is 31.0. The predicted molar refractivity (Wildman–Crippen MR) is 177 cm³/mol. The van der Waals surface area contributed by atoms with Gasteiger partial charge in [0.15, 0.2) is 11.5 Å². The molecular weight excluding hydrogens is 532 g/mol. The number of benzene rings is 2. The van der Waals surface area contributed by atoms with Gasteiger partial charge in [-0.15, -0.1) is 0 Å². The second-order valence-corrected chi connectivity index (χ2v) is 14.3. The zero-order valence-electron chi connectivity index (χ0n) is 27.8. The lowest BCUT2D eigenvalue weighted by Crippen LogP contribution is -2.30. The van der Waals surface area contributed by atoms with Crippen LogP contribution in [0.1, 0.15) is 150 Å². The molecule has 6 atom stereocenters. The number of aromatic hydroxyl groups is 2. The number of hydrogen-bond acceptors (Lipinski definition) is 4. The average molecular weight is 587 g/mol. The molecule has 1 aliphatic heterocycles. The highest BCUT2D eigenvalue weighted by molar-refractivity contribution is 5.59. The van der Waals surface area contributed by atoms with Crippen molar-refractivity contribution in [3.05, 3.63) is 69.0 Å². The Kier molecular flexibility index (Phi) is 9.54. The van der Waals surface area contributed by atoms with Crippen LogP contribution in [0.2, 0.25) is 0 Å². The van der Waals surface area contributed by atoms with Gasteiger partial charge in [0, 0.05) is 22.6 Å². The van der Waals surface area contributed by atoms with Crippen LogP contribution in [0.5, 0.6) is 23.0 Å². The predicted octanol–water partition coefficient (Wildman–Crippen LogP) is 10.8. The molecule has 4 nitrogen and oxygen atoms in total. The van der Waals surface area contributed by atoms with Gasteiger partial charge in [-0.2, -0.15) is 0 Å². The fourth-order valence-electron chi connectivity index (χ4n) is 8.27. The summed E-state index contributed by atoms with van der Waals surface area (Å²) in [5.41, 5.74) is 8.28. The number of rotatable bonds is 9. The van der Waals surface area contributed by atoms with Crippen molar-refractivity contribution < 1.29 is 19.7 Å². The number of phenolic OH excluding ortho intramolecular Hbond substituents is 2. The molecule has 0 saturated carbocycles. The monoisotopic (exact) mass is 586 g/mol. The van der Waals surface area contributed by atoms with E-state index < -0.39 is 0 Å². The first-order valence-corrected chi connectivity index (χ1v) is 16.8. The number of fused-ring (bicyclic) bond motifs is 1. The highest BCUT2D eigenvalue weighted by atomic mass is 16.5. The summed E-state index contributed by atoms with van der Waals surface area (Å²) in [6.45, 7) is 18.0. The molecule has 0 amide bonds. The second kappa shape index (κ2) is 13.0. The third-order valence-corrected chi connectivity index (χ3v) is 10.7.